The van der Waals surface area contributed by atoms with Crippen LogP contribution in [-0.2, 0) is 4.74 Å². The van der Waals surface area contributed by atoms with E-state index in [1.165, 1.54) is 0 Å². The fourth-order valence-electron chi connectivity index (χ4n) is 0.255. The Kier molecular flexibility index (Phi) is 3.61. The fraction of sp³-hybridized carbons (Fsp3) is 0.800. The molecule has 7 heavy (non-hydrogen) atoms. The largest absolute Gasteiger partial charge is 0.384 e. The van der Waals surface area contributed by atoms with Gasteiger partial charge in [-0.15, -0.1) is 0 Å². The smallest absolute Gasteiger partial charge is 0.0514 e. The lowest BCUT2D eigenvalue weighted by molar-refractivity contribution is 0.207. The van der Waals surface area contributed by atoms with Crippen LogP contribution in [0.1, 0.15) is 13.3 Å². The van der Waals surface area contributed by atoms with Crippen molar-refractivity contribution in [3.8, 4) is 0 Å². The third kappa shape index (κ3) is 5.63. The van der Waals surface area contributed by atoms with Crippen molar-refractivity contribution in [1.29, 1.82) is 5.41 Å². The predicted molar refractivity (Wildman–Crippen MR) is 29.9 cm³/mol. The Morgan fingerprint density at radius 3 is 2.43 bits per heavy atom. The molecular formula is C5H11NO. The Morgan fingerprint density at radius 2 is 2.29 bits per heavy atom. The highest BCUT2D eigenvalue weighted by Crippen LogP contribution is 1.80. The van der Waals surface area contributed by atoms with Gasteiger partial charge in [-0.05, 0) is 6.92 Å². The second-order valence-electron chi connectivity index (χ2n) is 1.52. The van der Waals surface area contributed by atoms with Crippen LogP contribution in [0.25, 0.3) is 0 Å². The first kappa shape index (κ1) is 6.63. The van der Waals surface area contributed by atoms with E-state index in [1.807, 2.05) is 0 Å². The van der Waals surface area contributed by atoms with Crippen LogP contribution in [0.5, 0.6) is 0 Å². The lowest BCUT2D eigenvalue weighted by atomic mass is 10.3. The van der Waals surface area contributed by atoms with Crippen molar-refractivity contribution in [2.45, 2.75) is 13.3 Å². The second-order valence-corrected chi connectivity index (χ2v) is 1.52. The summed E-state index contributed by atoms with van der Waals surface area (Å²) >= 11 is 0. The molecule has 0 heterocycles. The number of nitrogens with one attached hydrogen (secondary N) is 1. The molecule has 0 bridgehead atoms. The van der Waals surface area contributed by atoms with E-state index in [2.05, 4.69) is 0 Å². The molecule has 0 radical (unpaired) electrons. The third-order valence-corrected chi connectivity index (χ3v) is 0.681. The van der Waals surface area contributed by atoms with Crippen LogP contribution in [0, 0.1) is 5.41 Å². The molecule has 0 fully saturated rings. The summed E-state index contributed by atoms with van der Waals surface area (Å²) < 4.78 is 4.71. The minimum atomic E-state index is 0.676. The fourth-order valence-corrected chi connectivity index (χ4v) is 0.255. The first-order valence-electron chi connectivity index (χ1n) is 2.30. The molecule has 0 aromatic rings. The molecule has 0 unspecified atom stereocenters. The van der Waals surface area contributed by atoms with E-state index in [1.54, 1.807) is 14.0 Å². The third-order valence-electron chi connectivity index (χ3n) is 0.681. The van der Waals surface area contributed by atoms with Gasteiger partial charge in [-0.1, -0.05) is 0 Å². The highest BCUT2D eigenvalue weighted by atomic mass is 16.5. The molecular weight excluding hydrogens is 90.1 g/mol. The first-order valence-corrected chi connectivity index (χ1v) is 2.30. The molecule has 0 amide bonds. The van der Waals surface area contributed by atoms with Crippen molar-refractivity contribution in [3.05, 3.63) is 0 Å². The highest BCUT2D eigenvalue weighted by molar-refractivity contribution is 5.78. The molecule has 0 spiro atoms. The molecule has 0 aliphatic heterocycles. The average Bonchev–Trinajstić information content (AvgIpc) is 1.61. The van der Waals surface area contributed by atoms with Crippen LogP contribution >= 0.6 is 0 Å². The van der Waals surface area contributed by atoms with Crippen LogP contribution in [0.3, 0.4) is 0 Å². The number of hydrogen-bond donors (Lipinski definition) is 1. The van der Waals surface area contributed by atoms with E-state index >= 15 is 0 Å². The van der Waals surface area contributed by atoms with Gasteiger partial charge in [0.05, 0.1) is 6.61 Å². The van der Waals surface area contributed by atoms with Crippen LogP contribution in [0.15, 0.2) is 0 Å². The van der Waals surface area contributed by atoms with Gasteiger partial charge in [0.2, 0.25) is 0 Å². The zero-order valence-corrected chi connectivity index (χ0v) is 4.82. The van der Waals surface area contributed by atoms with Crippen molar-refractivity contribution in [2.24, 2.45) is 0 Å². The maximum atomic E-state index is 6.92. The molecule has 42 valence electrons. The van der Waals surface area contributed by atoms with E-state index < -0.39 is 0 Å². The van der Waals surface area contributed by atoms with Crippen LogP contribution in [0.4, 0.5) is 0 Å². The quantitative estimate of drug-likeness (QED) is 0.530. The van der Waals surface area contributed by atoms with Crippen molar-refractivity contribution < 1.29 is 4.74 Å². The SMILES string of the molecule is COCCC(C)=N. The molecule has 0 aromatic heterocycles. The van der Waals surface area contributed by atoms with Gasteiger partial charge < -0.3 is 10.1 Å². The molecule has 0 aliphatic carbocycles. The van der Waals surface area contributed by atoms with Gasteiger partial charge in [-0.3, -0.25) is 0 Å². The molecule has 0 saturated heterocycles. The summed E-state index contributed by atoms with van der Waals surface area (Å²) in [5.41, 5.74) is 0.682. The van der Waals surface area contributed by atoms with E-state index in [0.29, 0.717) is 12.3 Å². The zero-order valence-electron chi connectivity index (χ0n) is 4.82. The topological polar surface area (TPSA) is 33.1 Å². The molecule has 2 nitrogen and oxygen atoms in total. The Bertz CT molecular complexity index is 61.1. The summed E-state index contributed by atoms with van der Waals surface area (Å²) in [4.78, 5) is 0. The standard InChI is InChI=1S/C5H11NO/c1-5(6)3-4-7-2/h6H,3-4H2,1-2H3. The number of ether oxygens (including phenoxy) is 1. The maximum Gasteiger partial charge on any atom is 0.0514 e. The number of rotatable bonds is 3. The van der Waals surface area contributed by atoms with Crippen molar-refractivity contribution >= 4 is 5.71 Å². The van der Waals surface area contributed by atoms with E-state index in [0.717, 1.165) is 6.42 Å². The molecule has 0 rings (SSSR count). The lowest BCUT2D eigenvalue weighted by Crippen LogP contribution is -1.94. The lowest BCUT2D eigenvalue weighted by Gasteiger charge is -1.92. The average molecular weight is 101 g/mol. The van der Waals surface area contributed by atoms with Gasteiger partial charge in [0.15, 0.2) is 0 Å². The summed E-state index contributed by atoms with van der Waals surface area (Å²) in [6.45, 7) is 2.45. The minimum Gasteiger partial charge on any atom is -0.384 e. The van der Waals surface area contributed by atoms with Crippen molar-refractivity contribution in [1.82, 2.24) is 0 Å². The van der Waals surface area contributed by atoms with Gasteiger partial charge in [0, 0.05) is 19.2 Å². The Morgan fingerprint density at radius 1 is 1.71 bits per heavy atom. The monoisotopic (exact) mass is 101 g/mol. The van der Waals surface area contributed by atoms with Crippen molar-refractivity contribution in [2.75, 3.05) is 13.7 Å². The predicted octanol–water partition coefficient (Wildman–Crippen LogP) is 1.06. The van der Waals surface area contributed by atoms with Crippen LogP contribution < -0.4 is 0 Å². The summed E-state index contributed by atoms with van der Waals surface area (Å²) in [6.07, 6.45) is 0.760. The van der Waals surface area contributed by atoms with Gasteiger partial charge >= 0.3 is 0 Å². The maximum absolute atomic E-state index is 6.92. The number of hydrogen-bond acceptors (Lipinski definition) is 2. The number of methoxy groups -OCH3 is 1. The highest BCUT2D eigenvalue weighted by Gasteiger charge is 1.83. The summed E-state index contributed by atoms with van der Waals surface area (Å²) in [7, 11) is 1.64. The molecule has 0 aliphatic rings. The summed E-state index contributed by atoms with van der Waals surface area (Å²) in [5, 5.41) is 6.92. The molecule has 0 atom stereocenters. The summed E-state index contributed by atoms with van der Waals surface area (Å²) in [5.74, 6) is 0. The van der Waals surface area contributed by atoms with Crippen LogP contribution in [0.2, 0.25) is 0 Å². The van der Waals surface area contributed by atoms with E-state index in [9.17, 15) is 0 Å². The molecule has 0 aromatic carbocycles. The van der Waals surface area contributed by atoms with Gasteiger partial charge in [0.25, 0.3) is 0 Å². The van der Waals surface area contributed by atoms with Gasteiger partial charge in [-0.25, -0.2) is 0 Å². The Balaban J connectivity index is 2.82. The molecule has 2 heteroatoms. The van der Waals surface area contributed by atoms with E-state index in [-0.39, 0.29) is 0 Å². The van der Waals surface area contributed by atoms with E-state index in [4.69, 9.17) is 10.1 Å². The van der Waals surface area contributed by atoms with Gasteiger partial charge in [-0.2, -0.15) is 0 Å². The Labute approximate surface area is 44.0 Å². The summed E-state index contributed by atoms with van der Waals surface area (Å²) in [6, 6.07) is 0. The normalized spacial score (nSPS) is 8.86. The first-order chi connectivity index (χ1) is 3.27. The molecule has 0 saturated carbocycles. The van der Waals surface area contributed by atoms with Gasteiger partial charge in [0.1, 0.15) is 0 Å². The zero-order chi connectivity index (χ0) is 5.70. The second kappa shape index (κ2) is 3.81. The molecule has 1 N–H and O–H groups in total. The Hall–Kier alpha value is -0.370. The van der Waals surface area contributed by atoms with Crippen LogP contribution in [-0.4, -0.2) is 19.4 Å². The minimum absolute atomic E-state index is 0.676. The van der Waals surface area contributed by atoms with Crippen molar-refractivity contribution in [3.63, 3.8) is 0 Å².